The van der Waals surface area contributed by atoms with Gasteiger partial charge >= 0.3 is 0 Å². The largest absolute Gasteiger partial charge is 0.496 e. The zero-order valence-corrected chi connectivity index (χ0v) is 16.5. The number of aryl methyl sites for hydroxylation is 2. The van der Waals surface area contributed by atoms with E-state index in [-0.39, 0.29) is 5.91 Å². The molecular weight excluding hydrogens is 390 g/mol. The molecule has 0 aromatic heterocycles. The second-order valence-corrected chi connectivity index (χ2v) is 7.65. The van der Waals surface area contributed by atoms with Crippen LogP contribution in [0.5, 0.6) is 5.75 Å². The Bertz CT molecular complexity index is 1000. The first-order valence-electron chi connectivity index (χ1n) is 8.70. The van der Waals surface area contributed by atoms with Crippen molar-refractivity contribution in [2.24, 2.45) is 0 Å². The van der Waals surface area contributed by atoms with Crippen molar-refractivity contribution in [2.45, 2.75) is 19.4 Å². The summed E-state index contributed by atoms with van der Waals surface area (Å²) in [5.41, 5.74) is 4.44. The van der Waals surface area contributed by atoms with E-state index >= 15 is 0 Å². The Morgan fingerprint density at radius 2 is 1.88 bits per heavy atom. The summed E-state index contributed by atoms with van der Waals surface area (Å²) in [6, 6.07) is 16.2. The predicted octanol–water partition coefficient (Wildman–Crippen LogP) is 4.98. The van der Waals surface area contributed by atoms with Crippen LogP contribution in [-0.4, -0.2) is 25.0 Å². The highest BCUT2D eigenvalue weighted by atomic mass is 79.9. The lowest BCUT2D eigenvalue weighted by Gasteiger charge is -2.20. The average Bonchev–Trinajstić information content (AvgIpc) is 3.07. The Balaban J connectivity index is 1.69. The molecule has 0 heterocycles. The summed E-state index contributed by atoms with van der Waals surface area (Å²) in [6.07, 6.45) is 2.13. The molecule has 0 N–H and O–H groups in total. The predicted molar refractivity (Wildman–Crippen MR) is 108 cm³/mol. The molecule has 0 saturated heterocycles. The Labute approximate surface area is 161 Å². The van der Waals surface area contributed by atoms with Crippen LogP contribution >= 0.6 is 15.9 Å². The lowest BCUT2D eigenvalue weighted by molar-refractivity contribution is 0.0786. The molecule has 3 aromatic rings. The highest BCUT2D eigenvalue weighted by Gasteiger charge is 2.21. The fourth-order valence-corrected chi connectivity index (χ4v) is 4.25. The van der Waals surface area contributed by atoms with E-state index in [2.05, 4.69) is 40.2 Å². The van der Waals surface area contributed by atoms with Crippen molar-refractivity contribution in [3.8, 4) is 5.75 Å². The van der Waals surface area contributed by atoms with E-state index < -0.39 is 0 Å². The Kier molecular flexibility index (Phi) is 4.45. The zero-order valence-electron chi connectivity index (χ0n) is 14.9. The summed E-state index contributed by atoms with van der Waals surface area (Å²) >= 11 is 3.49. The molecule has 0 spiro atoms. The summed E-state index contributed by atoms with van der Waals surface area (Å²) in [6.45, 7) is 0.490. The second-order valence-electron chi connectivity index (χ2n) is 6.73. The maximum absolute atomic E-state index is 13.2. The van der Waals surface area contributed by atoms with E-state index in [9.17, 15) is 4.79 Å². The van der Waals surface area contributed by atoms with Crippen molar-refractivity contribution in [1.82, 2.24) is 4.90 Å². The maximum Gasteiger partial charge on any atom is 0.254 e. The summed E-state index contributed by atoms with van der Waals surface area (Å²) in [5, 5.41) is 2.34. The van der Waals surface area contributed by atoms with Gasteiger partial charge in [-0.15, -0.1) is 0 Å². The molecule has 3 nitrogen and oxygen atoms in total. The number of benzene rings is 3. The maximum atomic E-state index is 13.2. The number of ether oxygens (including phenoxy) is 1. The van der Waals surface area contributed by atoms with Crippen LogP contribution in [0.1, 0.15) is 27.0 Å². The van der Waals surface area contributed by atoms with Gasteiger partial charge < -0.3 is 9.64 Å². The van der Waals surface area contributed by atoms with Gasteiger partial charge in [-0.25, -0.2) is 0 Å². The number of methoxy groups -OCH3 is 1. The van der Waals surface area contributed by atoms with Gasteiger partial charge in [0.2, 0.25) is 0 Å². The lowest BCUT2D eigenvalue weighted by Crippen LogP contribution is -2.26. The van der Waals surface area contributed by atoms with Crippen molar-refractivity contribution in [1.29, 1.82) is 0 Å². The van der Waals surface area contributed by atoms with Crippen LogP contribution in [0.2, 0.25) is 0 Å². The molecule has 4 heteroatoms. The summed E-state index contributed by atoms with van der Waals surface area (Å²) in [4.78, 5) is 14.9. The Morgan fingerprint density at radius 3 is 2.65 bits per heavy atom. The van der Waals surface area contributed by atoms with Crippen LogP contribution in [0.25, 0.3) is 10.8 Å². The molecule has 0 atom stereocenters. The SMILES string of the molecule is COc1ccc(Br)cc1CN(C)C(=O)c1ccc2c3c(cccc13)CC2. The van der Waals surface area contributed by atoms with Crippen molar-refractivity contribution in [3.05, 3.63) is 75.3 Å². The molecule has 0 radical (unpaired) electrons. The van der Waals surface area contributed by atoms with Gasteiger partial charge in [-0.3, -0.25) is 4.79 Å². The van der Waals surface area contributed by atoms with Gasteiger partial charge in [-0.05, 0) is 59.0 Å². The van der Waals surface area contributed by atoms with Crippen LogP contribution in [0.4, 0.5) is 0 Å². The van der Waals surface area contributed by atoms with Crippen LogP contribution in [-0.2, 0) is 19.4 Å². The number of halogens is 1. The van der Waals surface area contributed by atoms with Crippen molar-refractivity contribution >= 4 is 32.6 Å². The van der Waals surface area contributed by atoms with Gasteiger partial charge in [0.05, 0.1) is 7.11 Å². The summed E-state index contributed by atoms with van der Waals surface area (Å²) in [7, 11) is 3.49. The van der Waals surface area contributed by atoms with Crippen molar-refractivity contribution < 1.29 is 9.53 Å². The molecule has 1 aliphatic rings. The zero-order chi connectivity index (χ0) is 18.3. The molecule has 26 heavy (non-hydrogen) atoms. The number of nitrogens with zero attached hydrogens (tertiary/aromatic N) is 1. The quantitative estimate of drug-likeness (QED) is 0.607. The average molecular weight is 410 g/mol. The molecule has 1 aliphatic carbocycles. The molecule has 4 rings (SSSR count). The molecule has 0 bridgehead atoms. The number of rotatable bonds is 4. The normalized spacial score (nSPS) is 12.4. The van der Waals surface area contributed by atoms with Crippen LogP contribution in [0.3, 0.4) is 0 Å². The van der Waals surface area contributed by atoms with Gasteiger partial charge in [-0.1, -0.05) is 40.2 Å². The van der Waals surface area contributed by atoms with Crippen LogP contribution < -0.4 is 4.74 Å². The Hall–Kier alpha value is -2.33. The van der Waals surface area contributed by atoms with Crippen LogP contribution in [0.15, 0.2) is 53.0 Å². The standard InChI is InChI=1S/C22H20BrNO2/c1-24(13-16-12-17(23)9-11-20(16)26-2)22(25)19-10-8-15-7-6-14-4-3-5-18(19)21(14)15/h3-5,8-12H,6-7,13H2,1-2H3. The van der Waals surface area contributed by atoms with E-state index in [4.69, 9.17) is 4.74 Å². The first-order valence-corrected chi connectivity index (χ1v) is 9.49. The number of carbonyl (C=O) groups excluding carboxylic acids is 1. The van der Waals surface area contributed by atoms with Gasteiger partial charge in [0.1, 0.15) is 5.75 Å². The molecule has 0 saturated carbocycles. The van der Waals surface area contributed by atoms with Gasteiger partial charge in [0, 0.05) is 29.2 Å². The molecule has 132 valence electrons. The van der Waals surface area contributed by atoms with E-state index in [1.165, 1.54) is 16.5 Å². The third-order valence-corrected chi connectivity index (χ3v) is 5.60. The molecular formula is C22H20BrNO2. The second kappa shape index (κ2) is 6.76. The number of amides is 1. The fraction of sp³-hybridized carbons (Fsp3) is 0.227. The van der Waals surface area contributed by atoms with Gasteiger partial charge in [0.25, 0.3) is 5.91 Å². The third kappa shape index (κ3) is 2.88. The summed E-state index contributed by atoms with van der Waals surface area (Å²) in [5.74, 6) is 0.816. The highest BCUT2D eigenvalue weighted by molar-refractivity contribution is 9.10. The Morgan fingerprint density at radius 1 is 1.12 bits per heavy atom. The fourth-order valence-electron chi connectivity index (χ4n) is 3.84. The van der Waals surface area contributed by atoms with E-state index in [1.807, 2.05) is 31.3 Å². The number of hydrogen-bond donors (Lipinski definition) is 0. The number of carbonyl (C=O) groups is 1. The smallest absolute Gasteiger partial charge is 0.254 e. The molecule has 0 unspecified atom stereocenters. The molecule has 3 aromatic carbocycles. The highest BCUT2D eigenvalue weighted by Crippen LogP contribution is 2.33. The first-order chi connectivity index (χ1) is 12.6. The van der Waals surface area contributed by atoms with Crippen molar-refractivity contribution in [2.75, 3.05) is 14.2 Å². The topological polar surface area (TPSA) is 29.5 Å². The van der Waals surface area contributed by atoms with E-state index in [1.54, 1.807) is 12.0 Å². The van der Waals surface area contributed by atoms with Gasteiger partial charge in [-0.2, -0.15) is 0 Å². The van der Waals surface area contributed by atoms with E-state index in [0.29, 0.717) is 6.54 Å². The first kappa shape index (κ1) is 17.1. The minimum absolute atomic E-state index is 0.0302. The van der Waals surface area contributed by atoms with E-state index in [0.717, 1.165) is 39.6 Å². The van der Waals surface area contributed by atoms with Crippen LogP contribution in [0, 0.1) is 0 Å². The monoisotopic (exact) mass is 409 g/mol. The molecule has 0 fully saturated rings. The molecule has 1 amide bonds. The van der Waals surface area contributed by atoms with Crippen molar-refractivity contribution in [3.63, 3.8) is 0 Å². The minimum atomic E-state index is 0.0302. The molecule has 0 aliphatic heterocycles. The summed E-state index contributed by atoms with van der Waals surface area (Å²) < 4.78 is 6.41. The lowest BCUT2D eigenvalue weighted by atomic mass is 9.99. The van der Waals surface area contributed by atoms with Gasteiger partial charge in [0.15, 0.2) is 0 Å². The third-order valence-electron chi connectivity index (χ3n) is 5.10. The number of hydrogen-bond acceptors (Lipinski definition) is 2. The minimum Gasteiger partial charge on any atom is -0.496 e.